The molecular weight excluding hydrogens is 430 g/mol. The van der Waals surface area contributed by atoms with E-state index in [0.29, 0.717) is 25.2 Å². The summed E-state index contributed by atoms with van der Waals surface area (Å²) in [5.74, 6) is 0.526. The van der Waals surface area contributed by atoms with Crippen molar-refractivity contribution in [2.75, 3.05) is 13.7 Å². The van der Waals surface area contributed by atoms with E-state index in [9.17, 15) is 8.78 Å². The second-order valence-electron chi connectivity index (χ2n) is 8.27. The Morgan fingerprint density at radius 3 is 2.72 bits per heavy atom. The van der Waals surface area contributed by atoms with Crippen LogP contribution in [0.2, 0.25) is 0 Å². The average molecular weight is 459 g/mol. The zero-order valence-corrected chi connectivity index (χ0v) is 19.2. The first-order valence-electron chi connectivity index (χ1n) is 10.8. The first kappa shape index (κ1) is 22.9. The van der Waals surface area contributed by atoms with Crippen LogP contribution in [0.25, 0.3) is 0 Å². The van der Waals surface area contributed by atoms with Gasteiger partial charge in [0.2, 0.25) is 0 Å². The lowest BCUT2D eigenvalue weighted by Gasteiger charge is -2.19. The molecule has 32 heavy (non-hydrogen) atoms. The number of nitrogens with zero attached hydrogens (tertiary/aromatic N) is 4. The van der Waals surface area contributed by atoms with E-state index in [2.05, 4.69) is 39.9 Å². The predicted molar refractivity (Wildman–Crippen MR) is 121 cm³/mol. The summed E-state index contributed by atoms with van der Waals surface area (Å²) in [6.07, 6.45) is 2.25. The molecule has 0 N–H and O–H groups in total. The Morgan fingerprint density at radius 2 is 1.97 bits per heavy atom. The van der Waals surface area contributed by atoms with Crippen LogP contribution in [0.3, 0.4) is 0 Å². The van der Waals surface area contributed by atoms with Gasteiger partial charge in [-0.05, 0) is 44.0 Å². The minimum atomic E-state index is -0.569. The van der Waals surface area contributed by atoms with Crippen LogP contribution in [0.1, 0.15) is 35.4 Å². The molecule has 1 fully saturated rings. The molecule has 1 aliphatic heterocycles. The van der Waals surface area contributed by atoms with Gasteiger partial charge in [0.05, 0.1) is 19.2 Å². The lowest BCUT2D eigenvalue weighted by molar-refractivity contribution is 0.0934. The van der Waals surface area contributed by atoms with Gasteiger partial charge in [0, 0.05) is 30.5 Å². The van der Waals surface area contributed by atoms with Crippen LogP contribution in [0.5, 0.6) is 0 Å². The van der Waals surface area contributed by atoms with Crippen LogP contribution in [0.15, 0.2) is 47.6 Å². The number of aryl methyl sites for hydroxylation is 1. The third-order valence-electron chi connectivity index (χ3n) is 5.69. The molecule has 1 unspecified atom stereocenters. The molecular formula is C24H28F2N4OS. The van der Waals surface area contributed by atoms with Gasteiger partial charge in [0.15, 0.2) is 5.16 Å². The first-order chi connectivity index (χ1) is 15.5. The Morgan fingerprint density at radius 1 is 1.12 bits per heavy atom. The Balaban J connectivity index is 1.49. The van der Waals surface area contributed by atoms with Crippen molar-refractivity contribution in [3.05, 3.63) is 76.6 Å². The maximum absolute atomic E-state index is 14.1. The molecule has 5 nitrogen and oxygen atoms in total. The van der Waals surface area contributed by atoms with E-state index in [1.54, 1.807) is 11.8 Å². The minimum absolute atomic E-state index is 0.155. The number of benzene rings is 2. The standard InChI is InChI=1S/C24H28F2N4OS/c1-17-6-3-4-7-19(17)16-32-24-28-27-23(30(24)14-21-8-5-11-31-21)15-29(2)13-18-9-10-20(25)12-22(18)26/h3-4,6-7,9-10,12,21H,5,8,11,13-16H2,1-2H3. The normalized spacial score (nSPS) is 16.2. The second kappa shape index (κ2) is 10.6. The van der Waals surface area contributed by atoms with E-state index in [0.717, 1.165) is 42.2 Å². The maximum Gasteiger partial charge on any atom is 0.191 e. The summed E-state index contributed by atoms with van der Waals surface area (Å²) in [7, 11) is 1.90. The predicted octanol–water partition coefficient (Wildman–Crippen LogP) is 4.97. The first-order valence-corrected chi connectivity index (χ1v) is 11.8. The summed E-state index contributed by atoms with van der Waals surface area (Å²) in [4.78, 5) is 1.96. The van der Waals surface area contributed by atoms with E-state index in [-0.39, 0.29) is 6.10 Å². The molecule has 0 aliphatic carbocycles. The summed E-state index contributed by atoms with van der Waals surface area (Å²) in [6.45, 7) is 4.46. The lowest BCUT2D eigenvalue weighted by Crippen LogP contribution is -2.23. The van der Waals surface area contributed by atoms with Crippen molar-refractivity contribution in [2.45, 2.75) is 56.4 Å². The average Bonchev–Trinajstić information content (AvgIpc) is 3.41. The van der Waals surface area contributed by atoms with Gasteiger partial charge in [-0.1, -0.05) is 42.1 Å². The van der Waals surface area contributed by atoms with Crippen molar-refractivity contribution < 1.29 is 13.5 Å². The largest absolute Gasteiger partial charge is 0.376 e. The van der Waals surface area contributed by atoms with Gasteiger partial charge < -0.3 is 9.30 Å². The summed E-state index contributed by atoms with van der Waals surface area (Å²) in [6, 6.07) is 12.0. The van der Waals surface area contributed by atoms with Gasteiger partial charge in [0.1, 0.15) is 17.5 Å². The molecule has 8 heteroatoms. The minimum Gasteiger partial charge on any atom is -0.376 e. The number of aromatic nitrogens is 3. The molecule has 1 aliphatic rings. The number of thioether (sulfide) groups is 1. The molecule has 1 aromatic heterocycles. The van der Waals surface area contributed by atoms with E-state index < -0.39 is 11.6 Å². The van der Waals surface area contributed by atoms with E-state index in [1.165, 1.54) is 23.3 Å². The van der Waals surface area contributed by atoms with Crippen molar-refractivity contribution in [2.24, 2.45) is 0 Å². The third kappa shape index (κ3) is 5.74. The SMILES string of the molecule is Cc1ccccc1CSc1nnc(CN(C)Cc2ccc(F)cc2F)n1CC1CCCO1. The second-order valence-corrected chi connectivity index (χ2v) is 9.21. The maximum atomic E-state index is 14.1. The van der Waals surface area contributed by atoms with E-state index in [1.807, 2.05) is 18.0 Å². The Labute approximate surface area is 191 Å². The molecule has 0 radical (unpaired) electrons. The molecule has 4 rings (SSSR count). The highest BCUT2D eigenvalue weighted by atomic mass is 32.2. The molecule has 170 valence electrons. The monoisotopic (exact) mass is 458 g/mol. The number of halogens is 2. The highest BCUT2D eigenvalue weighted by molar-refractivity contribution is 7.98. The van der Waals surface area contributed by atoms with Gasteiger partial charge >= 0.3 is 0 Å². The smallest absolute Gasteiger partial charge is 0.191 e. The molecule has 0 saturated carbocycles. The molecule has 2 aromatic carbocycles. The van der Waals surface area contributed by atoms with Crippen LogP contribution >= 0.6 is 11.8 Å². The highest BCUT2D eigenvalue weighted by Crippen LogP contribution is 2.26. The van der Waals surface area contributed by atoms with E-state index in [4.69, 9.17) is 4.74 Å². The number of rotatable bonds is 9. The van der Waals surface area contributed by atoms with Gasteiger partial charge in [-0.15, -0.1) is 10.2 Å². The van der Waals surface area contributed by atoms with Crippen molar-refractivity contribution in [3.8, 4) is 0 Å². The van der Waals surface area contributed by atoms with Crippen LogP contribution in [-0.4, -0.2) is 39.4 Å². The van der Waals surface area contributed by atoms with Crippen molar-refractivity contribution in [1.82, 2.24) is 19.7 Å². The topological polar surface area (TPSA) is 43.2 Å². The number of hydrogen-bond acceptors (Lipinski definition) is 5. The molecule has 0 spiro atoms. The van der Waals surface area contributed by atoms with Crippen LogP contribution in [-0.2, 0) is 30.1 Å². The Bertz CT molecular complexity index is 1050. The zero-order valence-electron chi connectivity index (χ0n) is 18.4. The molecule has 2 heterocycles. The van der Waals surface area contributed by atoms with Crippen molar-refractivity contribution in [1.29, 1.82) is 0 Å². The molecule has 1 atom stereocenters. The summed E-state index contributed by atoms with van der Waals surface area (Å²) in [5.41, 5.74) is 2.98. The number of ether oxygens (including phenoxy) is 1. The number of hydrogen-bond donors (Lipinski definition) is 0. The summed E-state index contributed by atoms with van der Waals surface area (Å²) < 4.78 is 35.3. The molecule has 1 saturated heterocycles. The van der Waals surface area contributed by atoms with Crippen molar-refractivity contribution >= 4 is 11.8 Å². The summed E-state index contributed by atoms with van der Waals surface area (Å²) >= 11 is 1.67. The zero-order chi connectivity index (χ0) is 22.5. The fourth-order valence-electron chi connectivity index (χ4n) is 3.87. The van der Waals surface area contributed by atoms with Gasteiger partial charge in [-0.3, -0.25) is 4.90 Å². The molecule has 0 bridgehead atoms. The van der Waals surface area contributed by atoms with Crippen molar-refractivity contribution in [3.63, 3.8) is 0 Å². The molecule has 0 amide bonds. The fourth-order valence-corrected chi connectivity index (χ4v) is 4.91. The van der Waals surface area contributed by atoms with Crippen LogP contribution in [0.4, 0.5) is 8.78 Å². The third-order valence-corrected chi connectivity index (χ3v) is 6.70. The van der Waals surface area contributed by atoms with E-state index >= 15 is 0 Å². The van der Waals surface area contributed by atoms with Crippen LogP contribution in [0, 0.1) is 18.6 Å². The Hall–Kier alpha value is -2.29. The summed E-state index contributed by atoms with van der Waals surface area (Å²) in [5, 5.41) is 9.78. The molecule has 3 aromatic rings. The lowest BCUT2D eigenvalue weighted by atomic mass is 10.1. The highest BCUT2D eigenvalue weighted by Gasteiger charge is 2.22. The quantitative estimate of drug-likeness (QED) is 0.424. The Kier molecular flexibility index (Phi) is 7.55. The van der Waals surface area contributed by atoms with Gasteiger partial charge in [-0.25, -0.2) is 8.78 Å². The van der Waals surface area contributed by atoms with Gasteiger partial charge in [0.25, 0.3) is 0 Å². The van der Waals surface area contributed by atoms with Gasteiger partial charge in [-0.2, -0.15) is 0 Å². The fraction of sp³-hybridized carbons (Fsp3) is 0.417. The van der Waals surface area contributed by atoms with Crippen LogP contribution < -0.4 is 0 Å².